The van der Waals surface area contributed by atoms with E-state index in [4.69, 9.17) is 23.9 Å². The number of methoxy groups -OCH3 is 1. The normalized spacial score (nSPS) is 23.5. The van der Waals surface area contributed by atoms with Gasteiger partial charge in [-0.3, -0.25) is 0 Å². The maximum Gasteiger partial charge on any atom is 0.226 e. The van der Waals surface area contributed by atoms with E-state index in [2.05, 4.69) is 17.2 Å². The number of aromatic nitrogens is 2. The third kappa shape index (κ3) is 6.08. The molecular weight excluding hydrogens is 394 g/mol. The Hall–Kier alpha value is -2.38. The summed E-state index contributed by atoms with van der Waals surface area (Å²) in [6.07, 6.45) is 7.56. The van der Waals surface area contributed by atoms with Crippen LogP contribution < -0.4 is 14.8 Å². The molecule has 1 aromatic heterocycles. The van der Waals surface area contributed by atoms with Gasteiger partial charge in [0.05, 0.1) is 25.4 Å². The van der Waals surface area contributed by atoms with Crippen LogP contribution >= 0.6 is 0 Å². The third-order valence-corrected chi connectivity index (χ3v) is 5.99. The molecule has 0 bridgehead atoms. The second-order valence-electron chi connectivity index (χ2n) is 8.48. The predicted octanol–water partition coefficient (Wildman–Crippen LogP) is 4.33. The molecule has 31 heavy (non-hydrogen) atoms. The molecule has 1 N–H and O–H groups in total. The molecule has 1 saturated heterocycles. The highest BCUT2D eigenvalue weighted by molar-refractivity contribution is 5.69. The zero-order valence-electron chi connectivity index (χ0n) is 18.5. The van der Waals surface area contributed by atoms with Gasteiger partial charge < -0.3 is 24.3 Å². The first-order valence-corrected chi connectivity index (χ1v) is 11.3. The summed E-state index contributed by atoms with van der Waals surface area (Å²) in [7, 11) is 1.66. The number of hydrogen-bond donors (Lipinski definition) is 1. The maximum atomic E-state index is 6.25. The summed E-state index contributed by atoms with van der Waals surface area (Å²) in [4.78, 5) is 9.37. The average Bonchev–Trinajstić information content (AvgIpc) is 3.30. The Morgan fingerprint density at radius 3 is 2.58 bits per heavy atom. The van der Waals surface area contributed by atoms with Crippen molar-refractivity contribution in [1.82, 2.24) is 9.97 Å². The fourth-order valence-corrected chi connectivity index (χ4v) is 4.05. The molecule has 2 aliphatic rings. The minimum atomic E-state index is 0.0219. The van der Waals surface area contributed by atoms with Gasteiger partial charge in [0.15, 0.2) is 0 Å². The Morgan fingerprint density at radius 2 is 1.87 bits per heavy atom. The summed E-state index contributed by atoms with van der Waals surface area (Å²) < 4.78 is 22.4. The highest BCUT2D eigenvalue weighted by Gasteiger charge is 2.23. The van der Waals surface area contributed by atoms with Crippen LogP contribution in [0.1, 0.15) is 39.0 Å². The van der Waals surface area contributed by atoms with Crippen LogP contribution in [0, 0.1) is 5.92 Å². The van der Waals surface area contributed by atoms with Gasteiger partial charge in [-0.05, 0) is 49.3 Å². The lowest BCUT2D eigenvalue weighted by Gasteiger charge is -2.27. The predicted molar refractivity (Wildman–Crippen MR) is 120 cm³/mol. The molecule has 7 nitrogen and oxygen atoms in total. The van der Waals surface area contributed by atoms with Crippen molar-refractivity contribution < 1.29 is 18.9 Å². The van der Waals surface area contributed by atoms with Crippen molar-refractivity contribution in [3.05, 3.63) is 30.5 Å². The second kappa shape index (κ2) is 10.8. The first-order valence-electron chi connectivity index (χ1n) is 11.3. The standard InChI is InChI=1S/C24H33N3O4/c1-17-3-7-19(8-4-17)26-24-25-15-22(23(27-24)31-21-11-12-29-16-21)18-5-9-20(10-6-18)30-14-13-28-2/h5-6,9-10,15,17,19,21H,3-4,7-8,11-14,16H2,1-2H3,(H,25,26,27)/t17-,19+,21-/m1/s1. The Labute approximate surface area is 184 Å². The van der Waals surface area contributed by atoms with E-state index in [0.29, 0.717) is 37.7 Å². The van der Waals surface area contributed by atoms with Gasteiger partial charge in [0.1, 0.15) is 18.5 Å². The monoisotopic (exact) mass is 427 g/mol. The van der Waals surface area contributed by atoms with Crippen LogP contribution in [0.25, 0.3) is 11.1 Å². The SMILES string of the molecule is COCCOc1ccc(-c2cnc(N[C@H]3CC[C@@H](C)CC3)nc2O[C@@H]2CCOC2)cc1. The number of benzene rings is 1. The molecule has 0 spiro atoms. The van der Waals surface area contributed by atoms with Crippen LogP contribution in [-0.2, 0) is 9.47 Å². The fraction of sp³-hybridized carbons (Fsp3) is 0.583. The first kappa shape index (κ1) is 21.8. The molecule has 168 valence electrons. The van der Waals surface area contributed by atoms with Crippen LogP contribution in [0.3, 0.4) is 0 Å². The summed E-state index contributed by atoms with van der Waals surface area (Å²) in [5.41, 5.74) is 1.87. The topological polar surface area (TPSA) is 74.7 Å². The van der Waals surface area contributed by atoms with E-state index in [9.17, 15) is 0 Å². The summed E-state index contributed by atoms with van der Waals surface area (Å²) in [6.45, 7) is 4.73. The van der Waals surface area contributed by atoms with E-state index in [0.717, 1.165) is 48.7 Å². The molecule has 0 radical (unpaired) electrons. The van der Waals surface area contributed by atoms with Gasteiger partial charge in [0.25, 0.3) is 0 Å². The Balaban J connectivity index is 1.51. The van der Waals surface area contributed by atoms with Gasteiger partial charge in [-0.2, -0.15) is 4.98 Å². The summed E-state index contributed by atoms with van der Waals surface area (Å²) in [5, 5.41) is 3.52. The van der Waals surface area contributed by atoms with Crippen molar-refractivity contribution in [3.8, 4) is 22.8 Å². The average molecular weight is 428 g/mol. The number of ether oxygens (including phenoxy) is 4. The lowest BCUT2D eigenvalue weighted by atomic mass is 9.87. The fourth-order valence-electron chi connectivity index (χ4n) is 4.05. The lowest BCUT2D eigenvalue weighted by Crippen LogP contribution is -2.26. The number of hydrogen-bond acceptors (Lipinski definition) is 7. The first-order chi connectivity index (χ1) is 15.2. The van der Waals surface area contributed by atoms with Crippen molar-refractivity contribution >= 4 is 5.95 Å². The molecule has 0 amide bonds. The molecule has 7 heteroatoms. The van der Waals surface area contributed by atoms with E-state index in [1.54, 1.807) is 7.11 Å². The van der Waals surface area contributed by atoms with Crippen LogP contribution in [0.2, 0.25) is 0 Å². The molecule has 0 unspecified atom stereocenters. The maximum absolute atomic E-state index is 6.25. The molecular formula is C24H33N3O4. The zero-order chi connectivity index (χ0) is 21.5. The molecule has 1 aliphatic heterocycles. The van der Waals surface area contributed by atoms with Gasteiger partial charge in [-0.15, -0.1) is 0 Å². The van der Waals surface area contributed by atoms with Crippen LogP contribution in [-0.4, -0.2) is 55.7 Å². The Morgan fingerprint density at radius 1 is 1.06 bits per heavy atom. The smallest absolute Gasteiger partial charge is 0.226 e. The molecule has 1 saturated carbocycles. The molecule has 1 aliphatic carbocycles. The largest absolute Gasteiger partial charge is 0.491 e. The van der Waals surface area contributed by atoms with E-state index >= 15 is 0 Å². The molecule has 2 fully saturated rings. The summed E-state index contributed by atoms with van der Waals surface area (Å²) >= 11 is 0. The van der Waals surface area contributed by atoms with Gasteiger partial charge >= 0.3 is 0 Å². The molecule has 2 heterocycles. The minimum absolute atomic E-state index is 0.0219. The van der Waals surface area contributed by atoms with Gasteiger partial charge in [-0.25, -0.2) is 4.98 Å². The third-order valence-electron chi connectivity index (χ3n) is 5.99. The summed E-state index contributed by atoms with van der Waals surface area (Å²) in [5.74, 6) is 2.85. The molecule has 2 aromatic rings. The number of nitrogens with zero attached hydrogens (tertiary/aromatic N) is 2. The quantitative estimate of drug-likeness (QED) is 0.597. The zero-order valence-corrected chi connectivity index (χ0v) is 18.5. The van der Waals surface area contributed by atoms with Crippen molar-refractivity contribution in [2.24, 2.45) is 5.92 Å². The minimum Gasteiger partial charge on any atom is -0.491 e. The van der Waals surface area contributed by atoms with E-state index in [1.165, 1.54) is 12.8 Å². The molecule has 4 rings (SSSR count). The van der Waals surface area contributed by atoms with Crippen LogP contribution in [0.4, 0.5) is 5.95 Å². The van der Waals surface area contributed by atoms with Crippen molar-refractivity contribution in [1.29, 1.82) is 0 Å². The molecule has 1 aromatic carbocycles. The lowest BCUT2D eigenvalue weighted by molar-refractivity contribution is 0.138. The second-order valence-corrected chi connectivity index (χ2v) is 8.48. The number of nitrogens with one attached hydrogen (secondary N) is 1. The van der Waals surface area contributed by atoms with E-state index in [-0.39, 0.29) is 6.10 Å². The highest BCUT2D eigenvalue weighted by Crippen LogP contribution is 2.32. The van der Waals surface area contributed by atoms with Crippen molar-refractivity contribution in [2.75, 3.05) is 38.9 Å². The summed E-state index contributed by atoms with van der Waals surface area (Å²) in [6, 6.07) is 8.34. The van der Waals surface area contributed by atoms with E-state index in [1.807, 2.05) is 30.5 Å². The van der Waals surface area contributed by atoms with Crippen LogP contribution in [0.15, 0.2) is 30.5 Å². The highest BCUT2D eigenvalue weighted by atomic mass is 16.5. The van der Waals surface area contributed by atoms with Gasteiger partial charge in [0.2, 0.25) is 11.8 Å². The van der Waals surface area contributed by atoms with Gasteiger partial charge in [0, 0.05) is 25.8 Å². The van der Waals surface area contributed by atoms with E-state index < -0.39 is 0 Å². The number of rotatable bonds is 9. The van der Waals surface area contributed by atoms with Crippen LogP contribution in [0.5, 0.6) is 11.6 Å². The number of anilines is 1. The molecule has 1 atom stereocenters. The van der Waals surface area contributed by atoms with Crippen molar-refractivity contribution in [3.63, 3.8) is 0 Å². The van der Waals surface area contributed by atoms with Gasteiger partial charge in [-0.1, -0.05) is 19.1 Å². The Bertz CT molecular complexity index is 816. The Kier molecular flexibility index (Phi) is 7.59. The van der Waals surface area contributed by atoms with Crippen molar-refractivity contribution in [2.45, 2.75) is 51.2 Å².